The molecule has 190 valence electrons. The van der Waals surface area contributed by atoms with E-state index in [-0.39, 0.29) is 5.41 Å². The third-order valence-electron chi connectivity index (χ3n) is 8.93. The zero-order valence-electron chi connectivity index (χ0n) is 22.9. The summed E-state index contributed by atoms with van der Waals surface area (Å²) < 4.78 is 0. The standard InChI is InChI=1S/C36H40S/c1-6-23-36(5)34(29-17-11-26(4)12-18-29)32(27-13-7-24(2)8-14-27)33(28-15-9-25(3)10-16-28)35(36)30-19-21-31(37)22-20-30/h7-22,32-35,37H,6,23H2,1-5H3. The zero-order chi connectivity index (χ0) is 26.2. The first-order valence-electron chi connectivity index (χ1n) is 13.8. The Balaban J connectivity index is 1.82. The molecule has 1 aliphatic carbocycles. The SMILES string of the molecule is CCCC1(C)C(c2ccc(C)cc2)C(c2ccc(C)cc2)C(c2ccc(C)cc2)C1c1ccc(S)cc1. The van der Waals surface area contributed by atoms with Gasteiger partial charge in [0.2, 0.25) is 0 Å². The van der Waals surface area contributed by atoms with Gasteiger partial charge in [-0.3, -0.25) is 0 Å². The maximum Gasteiger partial charge on any atom is 0.00401 e. The van der Waals surface area contributed by atoms with Gasteiger partial charge >= 0.3 is 0 Å². The van der Waals surface area contributed by atoms with Crippen molar-refractivity contribution in [3.63, 3.8) is 0 Å². The van der Waals surface area contributed by atoms with Gasteiger partial charge in [-0.05, 0) is 90.7 Å². The number of rotatable bonds is 6. The second-order valence-electron chi connectivity index (χ2n) is 11.6. The molecular weight excluding hydrogens is 464 g/mol. The van der Waals surface area contributed by atoms with Crippen molar-refractivity contribution in [1.29, 1.82) is 0 Å². The molecule has 0 bridgehead atoms. The lowest BCUT2D eigenvalue weighted by atomic mass is 9.64. The van der Waals surface area contributed by atoms with Crippen LogP contribution in [0.4, 0.5) is 0 Å². The van der Waals surface area contributed by atoms with Gasteiger partial charge in [0, 0.05) is 4.90 Å². The largest absolute Gasteiger partial charge is 0.143 e. The summed E-state index contributed by atoms with van der Waals surface area (Å²) in [4.78, 5) is 1.02. The van der Waals surface area contributed by atoms with Crippen LogP contribution < -0.4 is 0 Å². The van der Waals surface area contributed by atoms with Gasteiger partial charge in [-0.2, -0.15) is 0 Å². The number of benzene rings is 4. The summed E-state index contributed by atoms with van der Waals surface area (Å²) in [5.41, 5.74) is 9.86. The second kappa shape index (κ2) is 10.5. The van der Waals surface area contributed by atoms with Gasteiger partial charge in [0.25, 0.3) is 0 Å². The highest BCUT2D eigenvalue weighted by molar-refractivity contribution is 7.80. The molecule has 0 radical (unpaired) electrons. The lowest BCUT2D eigenvalue weighted by molar-refractivity contribution is 0.224. The Morgan fingerprint density at radius 3 is 1.22 bits per heavy atom. The third-order valence-corrected chi connectivity index (χ3v) is 9.23. The van der Waals surface area contributed by atoms with E-state index in [1.807, 2.05) is 0 Å². The van der Waals surface area contributed by atoms with E-state index >= 15 is 0 Å². The summed E-state index contributed by atoms with van der Waals surface area (Å²) in [6.45, 7) is 11.5. The monoisotopic (exact) mass is 504 g/mol. The molecule has 1 aliphatic rings. The average Bonchev–Trinajstić information content (AvgIpc) is 3.15. The van der Waals surface area contributed by atoms with Crippen molar-refractivity contribution in [3.05, 3.63) is 136 Å². The van der Waals surface area contributed by atoms with Crippen LogP contribution in [0.2, 0.25) is 0 Å². The summed E-state index contributed by atoms with van der Waals surface area (Å²) in [5, 5.41) is 0. The van der Waals surface area contributed by atoms with E-state index in [0.29, 0.717) is 23.7 Å². The van der Waals surface area contributed by atoms with E-state index in [0.717, 1.165) is 4.90 Å². The van der Waals surface area contributed by atoms with Crippen molar-refractivity contribution in [1.82, 2.24) is 0 Å². The van der Waals surface area contributed by atoms with Gasteiger partial charge in [0.1, 0.15) is 0 Å². The highest BCUT2D eigenvalue weighted by Gasteiger charge is 2.58. The number of hydrogen-bond acceptors (Lipinski definition) is 1. The smallest absolute Gasteiger partial charge is 0.00401 e. The van der Waals surface area contributed by atoms with E-state index in [9.17, 15) is 0 Å². The molecule has 4 aromatic rings. The van der Waals surface area contributed by atoms with Crippen molar-refractivity contribution in [3.8, 4) is 0 Å². The molecule has 0 saturated heterocycles. The normalized spacial score (nSPS) is 25.4. The summed E-state index contributed by atoms with van der Waals surface area (Å²) in [7, 11) is 0. The van der Waals surface area contributed by atoms with E-state index in [4.69, 9.17) is 0 Å². The predicted molar refractivity (Wildman–Crippen MR) is 161 cm³/mol. The van der Waals surface area contributed by atoms with Gasteiger partial charge in [0.15, 0.2) is 0 Å². The van der Waals surface area contributed by atoms with Crippen LogP contribution in [0, 0.1) is 26.2 Å². The Kier molecular flexibility index (Phi) is 7.37. The zero-order valence-corrected chi connectivity index (χ0v) is 23.8. The van der Waals surface area contributed by atoms with Gasteiger partial charge in [-0.1, -0.05) is 122 Å². The van der Waals surface area contributed by atoms with E-state index in [1.165, 1.54) is 51.8 Å². The van der Waals surface area contributed by atoms with Gasteiger partial charge in [-0.15, -0.1) is 12.6 Å². The van der Waals surface area contributed by atoms with Crippen LogP contribution in [0.5, 0.6) is 0 Å². The lowest BCUT2D eigenvalue weighted by Crippen LogP contribution is -2.28. The average molecular weight is 505 g/mol. The fraction of sp³-hybridized carbons (Fsp3) is 0.333. The lowest BCUT2D eigenvalue weighted by Gasteiger charge is -2.39. The quantitative estimate of drug-likeness (QED) is 0.248. The minimum absolute atomic E-state index is 0.0905. The fourth-order valence-corrected chi connectivity index (χ4v) is 7.44. The maximum atomic E-state index is 4.63. The minimum Gasteiger partial charge on any atom is -0.143 e. The Morgan fingerprint density at radius 1 is 0.541 bits per heavy atom. The molecular formula is C36H40S. The molecule has 37 heavy (non-hydrogen) atoms. The number of aryl methyl sites for hydroxylation is 3. The minimum atomic E-state index is 0.0905. The van der Waals surface area contributed by atoms with Gasteiger partial charge in [0.05, 0.1) is 0 Å². The summed E-state index contributed by atoms with van der Waals surface area (Å²) >= 11 is 4.63. The molecule has 0 N–H and O–H groups in total. The number of thiol groups is 1. The Hall–Kier alpha value is -2.77. The molecule has 0 amide bonds. The molecule has 4 aromatic carbocycles. The highest BCUT2D eigenvalue weighted by atomic mass is 32.1. The van der Waals surface area contributed by atoms with Crippen molar-refractivity contribution in [2.45, 2.75) is 76.0 Å². The van der Waals surface area contributed by atoms with Crippen LogP contribution in [0.1, 0.15) is 89.3 Å². The fourth-order valence-electron chi connectivity index (χ4n) is 7.29. The molecule has 5 atom stereocenters. The number of hydrogen-bond donors (Lipinski definition) is 1. The molecule has 0 spiro atoms. The molecule has 0 nitrogen and oxygen atoms in total. The van der Waals surface area contributed by atoms with Crippen molar-refractivity contribution in [2.24, 2.45) is 5.41 Å². The first kappa shape index (κ1) is 25.9. The van der Waals surface area contributed by atoms with Gasteiger partial charge in [-0.25, -0.2) is 0 Å². The molecule has 0 aliphatic heterocycles. The second-order valence-corrected chi connectivity index (χ2v) is 12.1. The summed E-state index contributed by atoms with van der Waals surface area (Å²) in [6, 6.07) is 37.2. The molecule has 0 heterocycles. The van der Waals surface area contributed by atoms with E-state index in [2.05, 4.69) is 144 Å². The molecule has 5 unspecified atom stereocenters. The van der Waals surface area contributed by atoms with Crippen molar-refractivity contribution >= 4 is 12.6 Å². The van der Waals surface area contributed by atoms with Crippen molar-refractivity contribution < 1.29 is 0 Å². The first-order valence-corrected chi connectivity index (χ1v) is 14.2. The van der Waals surface area contributed by atoms with E-state index in [1.54, 1.807) is 0 Å². The summed E-state index contributed by atoms with van der Waals surface area (Å²) in [6.07, 6.45) is 2.35. The summed E-state index contributed by atoms with van der Waals surface area (Å²) in [5.74, 6) is 1.55. The molecule has 1 heteroatoms. The van der Waals surface area contributed by atoms with Crippen LogP contribution in [0.25, 0.3) is 0 Å². The third kappa shape index (κ3) is 4.91. The van der Waals surface area contributed by atoms with Crippen LogP contribution in [-0.2, 0) is 0 Å². The van der Waals surface area contributed by atoms with Crippen LogP contribution in [0.15, 0.2) is 102 Å². The molecule has 1 fully saturated rings. The molecule has 5 rings (SSSR count). The van der Waals surface area contributed by atoms with Crippen molar-refractivity contribution in [2.75, 3.05) is 0 Å². The van der Waals surface area contributed by atoms with Gasteiger partial charge < -0.3 is 0 Å². The van der Waals surface area contributed by atoms with E-state index < -0.39 is 0 Å². The topological polar surface area (TPSA) is 0 Å². The Bertz CT molecular complexity index is 1210. The van der Waals surface area contributed by atoms with Crippen LogP contribution in [-0.4, -0.2) is 0 Å². The predicted octanol–water partition coefficient (Wildman–Crippen LogP) is 10.2. The Labute approximate surface area is 229 Å². The highest BCUT2D eigenvalue weighted by Crippen LogP contribution is 2.70. The van der Waals surface area contributed by atoms with Crippen LogP contribution in [0.3, 0.4) is 0 Å². The molecule has 0 aromatic heterocycles. The Morgan fingerprint density at radius 2 is 0.865 bits per heavy atom. The first-order chi connectivity index (χ1) is 17.8. The van der Waals surface area contributed by atoms with Crippen LogP contribution >= 0.6 is 12.6 Å². The molecule has 1 saturated carbocycles. The maximum absolute atomic E-state index is 4.63.